The van der Waals surface area contributed by atoms with Gasteiger partial charge in [0.05, 0.1) is 13.2 Å². The Balaban J connectivity index is 1.39. The minimum Gasteiger partial charge on any atom is -0.461 e. The Labute approximate surface area is 178 Å². The summed E-state index contributed by atoms with van der Waals surface area (Å²) in [5.74, 6) is -0.669. The van der Waals surface area contributed by atoms with Crippen molar-refractivity contribution in [1.29, 1.82) is 0 Å². The van der Waals surface area contributed by atoms with Crippen LogP contribution in [0.25, 0.3) is 0 Å². The van der Waals surface area contributed by atoms with E-state index in [2.05, 4.69) is 18.7 Å². The van der Waals surface area contributed by atoms with Gasteiger partial charge >= 0.3 is 5.97 Å². The summed E-state index contributed by atoms with van der Waals surface area (Å²) in [5, 5.41) is 11.8. The molecule has 1 aliphatic carbocycles. The van der Waals surface area contributed by atoms with Crippen LogP contribution in [0, 0.1) is 5.92 Å². The largest absolute Gasteiger partial charge is 0.461 e. The second-order valence-electron chi connectivity index (χ2n) is 10.0. The quantitative estimate of drug-likeness (QED) is 0.744. The summed E-state index contributed by atoms with van der Waals surface area (Å²) in [6.07, 6.45) is 6.68. The summed E-state index contributed by atoms with van der Waals surface area (Å²) in [7, 11) is 0. The van der Waals surface area contributed by atoms with Gasteiger partial charge in [-0.1, -0.05) is 49.6 Å². The highest BCUT2D eigenvalue weighted by atomic mass is 16.6. The van der Waals surface area contributed by atoms with Crippen LogP contribution in [0.4, 0.5) is 0 Å². The summed E-state index contributed by atoms with van der Waals surface area (Å²) < 4.78 is 18.3. The van der Waals surface area contributed by atoms with Gasteiger partial charge in [0.25, 0.3) is 0 Å². The zero-order valence-corrected chi connectivity index (χ0v) is 18.1. The predicted molar refractivity (Wildman–Crippen MR) is 110 cm³/mol. The van der Waals surface area contributed by atoms with Crippen molar-refractivity contribution in [1.82, 2.24) is 4.90 Å². The molecule has 1 N–H and O–H groups in total. The second-order valence-corrected chi connectivity index (χ2v) is 10.0. The number of carbonyl (C=O) groups is 1. The van der Waals surface area contributed by atoms with E-state index < -0.39 is 17.1 Å². The normalized spacial score (nSPS) is 38.4. The Hall–Kier alpha value is -1.47. The number of hydrogen-bond acceptors (Lipinski definition) is 6. The fraction of sp³-hybridized carbons (Fsp3) is 0.708. The van der Waals surface area contributed by atoms with Crippen molar-refractivity contribution in [2.24, 2.45) is 5.92 Å². The summed E-state index contributed by atoms with van der Waals surface area (Å²) in [4.78, 5) is 15.8. The van der Waals surface area contributed by atoms with Crippen molar-refractivity contribution in [3.63, 3.8) is 0 Å². The number of carbonyl (C=O) groups excluding carboxylic acids is 1. The van der Waals surface area contributed by atoms with Gasteiger partial charge in [0.15, 0.2) is 5.60 Å². The van der Waals surface area contributed by atoms with E-state index in [9.17, 15) is 9.90 Å². The van der Waals surface area contributed by atoms with Crippen molar-refractivity contribution in [3.8, 4) is 0 Å². The summed E-state index contributed by atoms with van der Waals surface area (Å²) in [5.41, 5.74) is -2.23. The average molecular weight is 416 g/mol. The zero-order valence-electron chi connectivity index (χ0n) is 18.1. The maximum absolute atomic E-state index is 13.5. The zero-order chi connectivity index (χ0) is 21.0. The molecule has 0 bridgehead atoms. The number of benzene rings is 1. The Morgan fingerprint density at radius 3 is 2.30 bits per heavy atom. The van der Waals surface area contributed by atoms with Gasteiger partial charge in [-0.05, 0) is 45.1 Å². The molecular formula is C24H33NO5. The van der Waals surface area contributed by atoms with Crippen molar-refractivity contribution in [2.45, 2.75) is 81.4 Å². The van der Waals surface area contributed by atoms with E-state index in [1.165, 1.54) is 0 Å². The van der Waals surface area contributed by atoms with Crippen LogP contribution in [0.15, 0.2) is 30.3 Å². The van der Waals surface area contributed by atoms with Gasteiger partial charge in [0, 0.05) is 5.92 Å². The average Bonchev–Trinajstić information content (AvgIpc) is 3.36. The van der Waals surface area contributed by atoms with Crippen LogP contribution in [0.2, 0.25) is 0 Å². The first-order chi connectivity index (χ1) is 14.3. The minimum absolute atomic E-state index is 0.124. The molecule has 4 fully saturated rings. The fourth-order valence-electron chi connectivity index (χ4n) is 6.41. The third-order valence-electron chi connectivity index (χ3n) is 7.97. The molecule has 164 valence electrons. The molecule has 30 heavy (non-hydrogen) atoms. The third-order valence-corrected chi connectivity index (χ3v) is 7.97. The molecule has 0 aromatic heterocycles. The Kier molecular flexibility index (Phi) is 4.78. The lowest BCUT2D eigenvalue weighted by molar-refractivity contribution is -0.179. The standard InChI is InChI=1S/C24H33NO5/c1-21-13-14-22(2)25(21)23(16-29-21,17-30-22)15-28-20(26)24(27,18-9-5-3-6-10-18)19-11-7-4-8-12-19/h3,5-6,9-10,19,27H,4,7-8,11-17H2,1-2H3/t21-,22-,24-/m1/s1. The monoisotopic (exact) mass is 415 g/mol. The molecule has 4 aliphatic rings. The molecule has 0 unspecified atom stereocenters. The topological polar surface area (TPSA) is 68.2 Å². The number of ether oxygens (including phenoxy) is 3. The summed E-state index contributed by atoms with van der Waals surface area (Å²) in [6, 6.07) is 9.30. The highest BCUT2D eigenvalue weighted by Gasteiger charge is 2.69. The SMILES string of the molecule is C[C@]12CC[C@@]3(C)OCC(COC(=O)[C@@](O)(c4ccccc4)C4CCCCC4)(CO1)N23. The summed E-state index contributed by atoms with van der Waals surface area (Å²) in [6.45, 7) is 5.30. The minimum atomic E-state index is -1.62. The fourth-order valence-corrected chi connectivity index (χ4v) is 6.41. The molecule has 3 saturated heterocycles. The van der Waals surface area contributed by atoms with Gasteiger partial charge < -0.3 is 19.3 Å². The second kappa shape index (κ2) is 7.02. The molecule has 3 aliphatic heterocycles. The van der Waals surface area contributed by atoms with Crippen LogP contribution in [-0.4, -0.2) is 52.8 Å². The first-order valence-corrected chi connectivity index (χ1v) is 11.4. The maximum atomic E-state index is 13.5. The van der Waals surface area contributed by atoms with Crippen LogP contribution < -0.4 is 0 Å². The van der Waals surface area contributed by atoms with E-state index in [0.717, 1.165) is 44.9 Å². The van der Waals surface area contributed by atoms with Gasteiger partial charge in [-0.25, -0.2) is 9.69 Å². The molecule has 0 radical (unpaired) electrons. The first kappa shape index (κ1) is 20.4. The van der Waals surface area contributed by atoms with E-state index in [1.807, 2.05) is 30.3 Å². The number of rotatable bonds is 5. The first-order valence-electron chi connectivity index (χ1n) is 11.4. The van der Waals surface area contributed by atoms with Crippen LogP contribution in [0.3, 0.4) is 0 Å². The number of hydrogen-bond donors (Lipinski definition) is 1. The lowest BCUT2D eigenvalue weighted by atomic mass is 9.73. The van der Waals surface area contributed by atoms with Gasteiger partial charge in [-0.15, -0.1) is 0 Å². The molecule has 6 nitrogen and oxygen atoms in total. The molecule has 1 aromatic carbocycles. The smallest absolute Gasteiger partial charge is 0.343 e. The van der Waals surface area contributed by atoms with Crippen molar-refractivity contribution < 1.29 is 24.1 Å². The predicted octanol–water partition coefficient (Wildman–Crippen LogP) is 3.33. The van der Waals surface area contributed by atoms with Crippen molar-refractivity contribution in [2.75, 3.05) is 19.8 Å². The third kappa shape index (κ3) is 2.88. The van der Waals surface area contributed by atoms with Crippen LogP contribution in [-0.2, 0) is 24.6 Å². The lowest BCUT2D eigenvalue weighted by Gasteiger charge is -2.39. The van der Waals surface area contributed by atoms with E-state index >= 15 is 0 Å². The van der Waals surface area contributed by atoms with Crippen LogP contribution in [0.5, 0.6) is 0 Å². The van der Waals surface area contributed by atoms with Gasteiger partial charge in [-0.2, -0.15) is 0 Å². The van der Waals surface area contributed by atoms with Crippen LogP contribution >= 0.6 is 0 Å². The van der Waals surface area contributed by atoms with Gasteiger partial charge in [-0.3, -0.25) is 0 Å². The molecule has 0 amide bonds. The molecular weight excluding hydrogens is 382 g/mol. The van der Waals surface area contributed by atoms with Gasteiger partial charge in [0.2, 0.25) is 0 Å². The molecule has 1 saturated carbocycles. The molecule has 0 spiro atoms. The number of nitrogens with zero attached hydrogens (tertiary/aromatic N) is 1. The highest BCUT2D eigenvalue weighted by Crippen LogP contribution is 2.55. The lowest BCUT2D eigenvalue weighted by Crippen LogP contribution is -2.57. The van der Waals surface area contributed by atoms with Crippen molar-refractivity contribution >= 4 is 5.97 Å². The molecule has 3 heterocycles. The van der Waals surface area contributed by atoms with Crippen LogP contribution in [0.1, 0.15) is 64.4 Å². The number of aliphatic hydroxyl groups is 1. The molecule has 3 atom stereocenters. The molecule has 6 heteroatoms. The van der Waals surface area contributed by atoms with E-state index in [-0.39, 0.29) is 24.0 Å². The van der Waals surface area contributed by atoms with E-state index in [0.29, 0.717) is 18.8 Å². The highest BCUT2D eigenvalue weighted by molar-refractivity contribution is 5.81. The van der Waals surface area contributed by atoms with Crippen molar-refractivity contribution in [3.05, 3.63) is 35.9 Å². The van der Waals surface area contributed by atoms with E-state index in [4.69, 9.17) is 14.2 Å². The molecule has 1 aromatic rings. The maximum Gasteiger partial charge on any atom is 0.343 e. The Morgan fingerprint density at radius 2 is 1.70 bits per heavy atom. The Morgan fingerprint density at radius 1 is 1.10 bits per heavy atom. The Bertz CT molecular complexity index is 787. The molecule has 5 rings (SSSR count). The summed E-state index contributed by atoms with van der Waals surface area (Å²) >= 11 is 0. The number of esters is 1. The van der Waals surface area contributed by atoms with E-state index in [1.54, 1.807) is 0 Å². The van der Waals surface area contributed by atoms with Gasteiger partial charge in [0.1, 0.15) is 23.6 Å².